The minimum absolute atomic E-state index is 0.000959. The lowest BCUT2D eigenvalue weighted by Crippen LogP contribution is -2.64. The molecule has 4 aromatic carbocycles. The standard InChI is InChI=1S/C52H56O26/c1-69-33-15-23(3-11-29(33)57)5-13-39(60)70-20-36-41(62)44(65)47(68)51(76-36)78-49-45(66)42(63)37(21-71-38(59)12-4-22-2-10-28(56)30(58)14-22)77-52(49)74-34-18-27-31(72-48(34)24-6-8-25(54)9-7-24)16-26(55)17-32(27)73-50-46(67)43(64)40(61)35(19-53)75-50/h2-18,35-37,40-58,61-68H,19-21H2,1H3/p+1/b12-4+,13-5+/t35-,36+,37-,40-,41-,42-,43+,44+,45+,46-,47+,48?,49-,50-,51+,52-/m1/s1. The molecule has 420 valence electrons. The zero-order valence-electron chi connectivity index (χ0n) is 40.9. The predicted octanol–water partition coefficient (Wildman–Crippen LogP) is -1.09. The quantitative estimate of drug-likeness (QED) is 0.0258. The van der Waals surface area contributed by atoms with E-state index in [1.165, 1.54) is 86.0 Å². The largest absolute Gasteiger partial charge is 0.571 e. The Morgan fingerprint density at radius 3 is 1.74 bits per heavy atom. The number of fused-ring (bicyclic) bond motifs is 1. The number of carbonyl (C=O) groups is 2. The lowest BCUT2D eigenvalue weighted by Gasteiger charge is -2.46. The lowest BCUT2D eigenvalue weighted by molar-refractivity contribution is -0.364. The van der Waals surface area contributed by atoms with Gasteiger partial charge in [-0.2, -0.15) is 0 Å². The summed E-state index contributed by atoms with van der Waals surface area (Å²) in [6.07, 6.45) is -23.6. The molecule has 0 bridgehead atoms. The van der Waals surface area contributed by atoms with Crippen LogP contribution in [0.3, 0.4) is 0 Å². The maximum absolute atomic E-state index is 13.0. The van der Waals surface area contributed by atoms with Gasteiger partial charge < -0.3 is 119 Å². The van der Waals surface area contributed by atoms with Gasteiger partial charge in [0.2, 0.25) is 12.6 Å². The number of methoxy groups -OCH3 is 1. The summed E-state index contributed by atoms with van der Waals surface area (Å²) in [7, 11) is 1.33. The van der Waals surface area contributed by atoms with E-state index in [0.717, 1.165) is 24.3 Å². The number of ether oxygens (including phenoxy) is 10. The predicted molar refractivity (Wildman–Crippen MR) is 261 cm³/mol. The van der Waals surface area contributed by atoms with Crippen molar-refractivity contribution in [1.82, 2.24) is 0 Å². The Balaban J connectivity index is 1.10. The smallest absolute Gasteiger partial charge is 0.330 e. The second-order valence-electron chi connectivity index (χ2n) is 18.2. The molecule has 26 heteroatoms. The fraction of sp³-hybridized carbons (Fsp3) is 0.385. The number of benzene rings is 4. The minimum Gasteiger partial charge on any atom is -0.571 e. The van der Waals surface area contributed by atoms with Crippen LogP contribution >= 0.6 is 0 Å². The molecule has 26 nitrogen and oxygen atoms in total. The maximum atomic E-state index is 13.0. The maximum Gasteiger partial charge on any atom is 0.330 e. The Kier molecular flexibility index (Phi) is 17.9. The molecule has 0 amide bonds. The number of hydrogen-bond donors (Lipinski definition) is 14. The highest BCUT2D eigenvalue weighted by Gasteiger charge is 2.53. The van der Waals surface area contributed by atoms with E-state index in [4.69, 9.17) is 47.4 Å². The number of hydrogen-bond acceptors (Lipinski definition) is 25. The van der Waals surface area contributed by atoms with Gasteiger partial charge in [0.25, 0.3) is 11.9 Å². The van der Waals surface area contributed by atoms with Crippen molar-refractivity contribution >= 4 is 30.2 Å². The second kappa shape index (κ2) is 24.6. The number of aliphatic hydroxyl groups is 10. The van der Waals surface area contributed by atoms with Crippen molar-refractivity contribution in [1.29, 1.82) is 0 Å². The number of phenolic OH excluding ortho intramolecular Hbond substituents is 5. The molecule has 1 unspecified atom stereocenters. The van der Waals surface area contributed by atoms with Gasteiger partial charge in [0.1, 0.15) is 103 Å². The molecule has 0 aromatic heterocycles. The summed E-state index contributed by atoms with van der Waals surface area (Å²) < 4.78 is 56.5. The SMILES string of the molecule is COc1cc(/C=C/C(=O)OC[C@@H]2O[C@@H](O[C@H]3[C@H](OC4=Cc5c(O[C@@H]6O[C@H](CO)[C@@H](O)[C@H](O)[C@H]6O)cc(O)cc5[OH+]C4c4ccc(O)cc4)O[C@H](COC(=O)/C=C/c4ccc(O)c(O)c4)[C@@H](O)[C@@H]3O)[C@@H](O)[C@@H](O)[C@@H]2O)ccc1O. The fourth-order valence-corrected chi connectivity index (χ4v) is 8.59. The zero-order chi connectivity index (χ0) is 56.1. The molecular formula is C52H57O26+. The molecule has 8 rings (SSSR count). The van der Waals surface area contributed by atoms with E-state index < -0.39 is 147 Å². The van der Waals surface area contributed by atoms with Crippen molar-refractivity contribution < 1.29 is 128 Å². The fourth-order valence-electron chi connectivity index (χ4n) is 8.59. The zero-order valence-corrected chi connectivity index (χ0v) is 40.9. The van der Waals surface area contributed by atoms with E-state index in [-0.39, 0.29) is 45.6 Å². The molecule has 4 heterocycles. The number of phenols is 5. The van der Waals surface area contributed by atoms with Crippen LogP contribution in [-0.4, -0.2) is 207 Å². The molecule has 0 saturated carbocycles. The topological polar surface area (TPSA) is 413 Å². The van der Waals surface area contributed by atoms with Crippen molar-refractivity contribution in [2.75, 3.05) is 26.9 Å². The van der Waals surface area contributed by atoms with Gasteiger partial charge in [0, 0.05) is 24.3 Å². The summed E-state index contributed by atoms with van der Waals surface area (Å²) in [6.45, 7) is -2.33. The molecule has 4 aliphatic rings. The molecule has 0 aliphatic carbocycles. The van der Waals surface area contributed by atoms with Crippen LogP contribution < -0.4 is 9.47 Å². The minimum atomic E-state index is -2.12. The first-order valence-electron chi connectivity index (χ1n) is 23.9. The van der Waals surface area contributed by atoms with E-state index in [1.807, 2.05) is 0 Å². The molecule has 16 atom stereocenters. The number of aromatic hydroxyl groups is 6. The van der Waals surface area contributed by atoms with E-state index in [2.05, 4.69) is 0 Å². The highest BCUT2D eigenvalue weighted by atomic mass is 16.8. The van der Waals surface area contributed by atoms with Crippen molar-refractivity contribution in [3.8, 4) is 46.0 Å². The molecule has 4 aliphatic heterocycles. The average Bonchev–Trinajstić information content (AvgIpc) is 3.51. The third-order valence-electron chi connectivity index (χ3n) is 12.9. The molecule has 15 N–H and O–H groups in total. The summed E-state index contributed by atoms with van der Waals surface area (Å²) in [5.74, 6) is -3.92. The van der Waals surface area contributed by atoms with E-state index in [9.17, 15) is 81.1 Å². The van der Waals surface area contributed by atoms with Crippen LogP contribution in [0.1, 0.15) is 28.4 Å². The normalized spacial score (nSPS) is 30.9. The molecule has 0 radical (unpaired) electrons. The number of carbonyl (C=O) groups excluding carboxylic acids is 2. The van der Waals surface area contributed by atoms with Gasteiger partial charge >= 0.3 is 11.9 Å². The Bertz CT molecular complexity index is 2840. The molecular weight excluding hydrogens is 1040 g/mol. The average molecular weight is 1100 g/mol. The van der Waals surface area contributed by atoms with Crippen molar-refractivity contribution in [2.24, 2.45) is 0 Å². The second-order valence-corrected chi connectivity index (χ2v) is 18.2. The van der Waals surface area contributed by atoms with Gasteiger partial charge in [0.05, 0.1) is 25.3 Å². The third-order valence-corrected chi connectivity index (χ3v) is 12.9. The summed E-state index contributed by atoms with van der Waals surface area (Å²) in [4.78, 5) is 25.8. The van der Waals surface area contributed by atoms with Crippen LogP contribution in [0, 0.1) is 0 Å². The van der Waals surface area contributed by atoms with Crippen molar-refractivity contribution in [3.63, 3.8) is 0 Å². The van der Waals surface area contributed by atoms with Crippen molar-refractivity contribution in [3.05, 3.63) is 113 Å². The molecule has 3 saturated heterocycles. The van der Waals surface area contributed by atoms with Crippen LogP contribution in [0.2, 0.25) is 0 Å². The first kappa shape index (κ1) is 56.9. The van der Waals surface area contributed by atoms with Gasteiger partial charge in [-0.05, 0) is 71.8 Å². The van der Waals surface area contributed by atoms with Crippen LogP contribution in [0.15, 0.2) is 90.7 Å². The Labute approximate surface area is 441 Å². The molecule has 3 fully saturated rings. The summed E-state index contributed by atoms with van der Waals surface area (Å²) in [5, 5.41) is 149. The highest BCUT2D eigenvalue weighted by Crippen LogP contribution is 2.47. The van der Waals surface area contributed by atoms with Crippen LogP contribution in [0.4, 0.5) is 0 Å². The van der Waals surface area contributed by atoms with Crippen molar-refractivity contribution in [2.45, 2.75) is 98.2 Å². The van der Waals surface area contributed by atoms with Crippen LogP contribution in [0.5, 0.6) is 46.0 Å². The first-order valence-corrected chi connectivity index (χ1v) is 23.9. The summed E-state index contributed by atoms with van der Waals surface area (Å²) in [5.41, 5.74) is 1.02. The Morgan fingerprint density at radius 1 is 0.564 bits per heavy atom. The monoisotopic (exact) mass is 1100 g/mol. The lowest BCUT2D eigenvalue weighted by atomic mass is 9.97. The van der Waals surface area contributed by atoms with Gasteiger partial charge in [-0.3, -0.25) is 0 Å². The van der Waals surface area contributed by atoms with E-state index >= 15 is 0 Å². The summed E-state index contributed by atoms with van der Waals surface area (Å²) >= 11 is 0. The van der Waals surface area contributed by atoms with Crippen LogP contribution in [0.25, 0.3) is 18.2 Å². The highest BCUT2D eigenvalue weighted by molar-refractivity contribution is 5.87. The number of esters is 2. The van der Waals surface area contributed by atoms with Gasteiger partial charge in [-0.25, -0.2) is 9.59 Å². The first-order chi connectivity index (χ1) is 37.2. The Morgan fingerprint density at radius 2 is 1.13 bits per heavy atom. The molecule has 4 aromatic rings. The van der Waals surface area contributed by atoms with Crippen LogP contribution in [-0.2, 0) is 42.7 Å². The Hall–Kier alpha value is -7.28. The van der Waals surface area contributed by atoms with Gasteiger partial charge in [-0.15, -0.1) is 0 Å². The summed E-state index contributed by atoms with van der Waals surface area (Å²) in [6, 6.07) is 15.8. The number of rotatable bonds is 17. The van der Waals surface area contributed by atoms with E-state index in [1.54, 1.807) is 0 Å². The molecule has 78 heavy (non-hydrogen) atoms. The molecule has 0 spiro atoms. The van der Waals surface area contributed by atoms with E-state index in [0.29, 0.717) is 11.1 Å². The van der Waals surface area contributed by atoms with Gasteiger partial charge in [-0.1, -0.05) is 12.1 Å². The third kappa shape index (κ3) is 12.8. The number of aliphatic hydroxyl groups excluding tert-OH is 9. The van der Waals surface area contributed by atoms with Gasteiger partial charge in [0.15, 0.2) is 41.2 Å².